The Labute approximate surface area is 149 Å². The highest BCUT2D eigenvalue weighted by Crippen LogP contribution is 2.32. The second-order valence-electron chi connectivity index (χ2n) is 4.60. The molecule has 2 aromatic rings. The Balaban J connectivity index is 2.42. The Bertz CT molecular complexity index is 866. The molecule has 0 unspecified atom stereocenters. The van der Waals surface area contributed by atoms with Gasteiger partial charge < -0.3 is 5.32 Å². The molecule has 1 N–H and O–H groups in total. The lowest BCUT2D eigenvalue weighted by Gasteiger charge is -2.11. The van der Waals surface area contributed by atoms with Gasteiger partial charge in [-0.1, -0.05) is 53.9 Å². The molecule has 1 amide bonds. The van der Waals surface area contributed by atoms with Crippen LogP contribution in [0.4, 0.5) is 5.69 Å². The molecule has 0 heterocycles. The molecule has 0 aromatic heterocycles. The van der Waals surface area contributed by atoms with Crippen molar-refractivity contribution in [3.63, 3.8) is 0 Å². The number of sulfone groups is 1. The minimum absolute atomic E-state index is 0.0313. The third kappa shape index (κ3) is 3.98. The first kappa shape index (κ1) is 18.1. The van der Waals surface area contributed by atoms with E-state index in [1.807, 2.05) is 0 Å². The van der Waals surface area contributed by atoms with E-state index in [2.05, 4.69) is 5.32 Å². The van der Waals surface area contributed by atoms with Crippen LogP contribution in [0.2, 0.25) is 15.1 Å². The molecule has 2 aromatic carbocycles. The van der Waals surface area contributed by atoms with Crippen molar-refractivity contribution >= 4 is 56.2 Å². The van der Waals surface area contributed by atoms with Crippen LogP contribution in [0.5, 0.6) is 0 Å². The third-order valence-corrected chi connectivity index (χ3v) is 5.93. The van der Waals surface area contributed by atoms with Gasteiger partial charge >= 0.3 is 0 Å². The second kappa shape index (κ2) is 7.09. The van der Waals surface area contributed by atoms with Gasteiger partial charge in [-0.3, -0.25) is 4.79 Å². The average molecular weight is 393 g/mol. The van der Waals surface area contributed by atoms with E-state index in [1.54, 1.807) is 12.1 Å². The van der Waals surface area contributed by atoms with Crippen LogP contribution in [0, 0.1) is 0 Å². The molecule has 0 aliphatic heterocycles. The van der Waals surface area contributed by atoms with Gasteiger partial charge in [-0.15, -0.1) is 0 Å². The topological polar surface area (TPSA) is 63.2 Å². The van der Waals surface area contributed by atoms with Gasteiger partial charge in [-0.05, 0) is 24.3 Å². The van der Waals surface area contributed by atoms with E-state index in [9.17, 15) is 13.2 Å². The number of carbonyl (C=O) groups excluding carboxylic acids is 1. The largest absolute Gasteiger partial charge is 0.321 e. The van der Waals surface area contributed by atoms with Crippen molar-refractivity contribution in [2.45, 2.75) is 11.8 Å². The summed E-state index contributed by atoms with van der Waals surface area (Å²) >= 11 is 17.8. The van der Waals surface area contributed by atoms with Crippen molar-refractivity contribution in [3.8, 4) is 0 Å². The zero-order valence-electron chi connectivity index (χ0n) is 11.9. The minimum Gasteiger partial charge on any atom is -0.321 e. The number of benzene rings is 2. The van der Waals surface area contributed by atoms with Gasteiger partial charge in [0.2, 0.25) is 0 Å². The van der Waals surface area contributed by atoms with Crippen LogP contribution in [0.3, 0.4) is 0 Å². The molecule has 0 radical (unpaired) electrons. The molecule has 23 heavy (non-hydrogen) atoms. The summed E-state index contributed by atoms with van der Waals surface area (Å²) < 4.78 is 24.2. The van der Waals surface area contributed by atoms with E-state index in [0.29, 0.717) is 0 Å². The predicted octanol–water partition coefficient (Wildman–Crippen LogP) is 4.69. The van der Waals surface area contributed by atoms with E-state index in [4.69, 9.17) is 34.8 Å². The first-order valence-electron chi connectivity index (χ1n) is 6.54. The molecule has 0 atom stereocenters. The first-order valence-corrected chi connectivity index (χ1v) is 9.32. The normalized spacial score (nSPS) is 11.3. The lowest BCUT2D eigenvalue weighted by Crippen LogP contribution is -2.17. The molecule has 0 fully saturated rings. The van der Waals surface area contributed by atoms with Crippen molar-refractivity contribution in [1.29, 1.82) is 0 Å². The summed E-state index contributed by atoms with van der Waals surface area (Å²) in [6, 6.07) is 8.77. The molecule has 0 spiro atoms. The van der Waals surface area contributed by atoms with Crippen molar-refractivity contribution in [3.05, 3.63) is 57.0 Å². The van der Waals surface area contributed by atoms with E-state index in [1.165, 1.54) is 31.2 Å². The number of nitrogens with one attached hydrogen (secondary N) is 1. The first-order chi connectivity index (χ1) is 10.8. The maximum absolute atomic E-state index is 12.4. The summed E-state index contributed by atoms with van der Waals surface area (Å²) in [5, 5.41) is 3.23. The number of anilines is 1. The lowest BCUT2D eigenvalue weighted by atomic mass is 10.2. The number of hydrogen-bond acceptors (Lipinski definition) is 3. The zero-order chi connectivity index (χ0) is 17.2. The van der Waals surface area contributed by atoms with Gasteiger partial charge in [0, 0.05) is 0 Å². The fraction of sp³-hybridized carbons (Fsp3) is 0.133. The minimum atomic E-state index is -3.53. The van der Waals surface area contributed by atoms with Gasteiger partial charge in [0.1, 0.15) is 0 Å². The zero-order valence-corrected chi connectivity index (χ0v) is 15.0. The summed E-state index contributed by atoms with van der Waals surface area (Å²) in [7, 11) is -3.53. The lowest BCUT2D eigenvalue weighted by molar-refractivity contribution is 0.102. The second-order valence-corrected chi connectivity index (χ2v) is 8.07. The van der Waals surface area contributed by atoms with E-state index in [-0.39, 0.29) is 37.0 Å². The van der Waals surface area contributed by atoms with Gasteiger partial charge in [0.05, 0.1) is 37.0 Å². The van der Waals surface area contributed by atoms with Crippen LogP contribution in [-0.2, 0) is 9.84 Å². The highest BCUT2D eigenvalue weighted by atomic mass is 35.5. The van der Waals surface area contributed by atoms with Crippen molar-refractivity contribution in [1.82, 2.24) is 0 Å². The van der Waals surface area contributed by atoms with E-state index < -0.39 is 15.7 Å². The number of halogens is 3. The van der Waals surface area contributed by atoms with Crippen LogP contribution >= 0.6 is 34.8 Å². The number of rotatable bonds is 4. The molecular weight excluding hydrogens is 381 g/mol. The monoisotopic (exact) mass is 391 g/mol. The SMILES string of the molecule is CCS(=O)(=O)c1ccccc1C(=O)Nc1cc(Cl)c(Cl)cc1Cl. The third-order valence-electron chi connectivity index (χ3n) is 3.10. The van der Waals surface area contributed by atoms with E-state index >= 15 is 0 Å². The fourth-order valence-electron chi connectivity index (χ4n) is 1.89. The molecule has 4 nitrogen and oxygen atoms in total. The van der Waals surface area contributed by atoms with Crippen LogP contribution in [-0.4, -0.2) is 20.1 Å². The van der Waals surface area contributed by atoms with Crippen LogP contribution < -0.4 is 5.32 Å². The van der Waals surface area contributed by atoms with Crippen LogP contribution in [0.1, 0.15) is 17.3 Å². The smallest absolute Gasteiger partial charge is 0.257 e. The average Bonchev–Trinajstić information content (AvgIpc) is 2.52. The van der Waals surface area contributed by atoms with Crippen molar-refractivity contribution in [2.75, 3.05) is 11.1 Å². The van der Waals surface area contributed by atoms with Gasteiger partial charge in [0.15, 0.2) is 9.84 Å². The predicted molar refractivity (Wildman–Crippen MR) is 93.6 cm³/mol. The Hall–Kier alpha value is -1.27. The Morgan fingerprint density at radius 1 is 1.04 bits per heavy atom. The molecule has 8 heteroatoms. The molecule has 122 valence electrons. The van der Waals surface area contributed by atoms with Gasteiger partial charge in [-0.25, -0.2) is 8.42 Å². The van der Waals surface area contributed by atoms with Crippen LogP contribution in [0.15, 0.2) is 41.3 Å². The maximum atomic E-state index is 12.4. The quantitative estimate of drug-likeness (QED) is 0.768. The molecule has 0 bridgehead atoms. The summed E-state index contributed by atoms with van der Waals surface area (Å²) in [5.41, 5.74) is 0.284. The summed E-state index contributed by atoms with van der Waals surface area (Å²) in [5.74, 6) is -0.705. The molecule has 0 aliphatic rings. The Morgan fingerprint density at radius 2 is 1.65 bits per heavy atom. The Kier molecular flexibility index (Phi) is 5.57. The highest BCUT2D eigenvalue weighted by Gasteiger charge is 2.21. The number of hydrogen-bond donors (Lipinski definition) is 1. The van der Waals surface area contributed by atoms with Gasteiger partial charge in [0.25, 0.3) is 5.91 Å². The highest BCUT2D eigenvalue weighted by molar-refractivity contribution is 7.91. The standard InChI is InChI=1S/C15H12Cl3NO3S/c1-2-23(21,22)14-6-4-3-5-9(14)15(20)19-13-8-11(17)10(16)7-12(13)18/h3-8H,2H2,1H3,(H,19,20). The summed E-state index contributed by atoms with van der Waals surface area (Å²) in [4.78, 5) is 12.4. The van der Waals surface area contributed by atoms with Crippen molar-refractivity contribution < 1.29 is 13.2 Å². The van der Waals surface area contributed by atoms with Gasteiger partial charge in [-0.2, -0.15) is 0 Å². The summed E-state index contributed by atoms with van der Waals surface area (Å²) in [6.07, 6.45) is 0. The van der Waals surface area contributed by atoms with Crippen LogP contribution in [0.25, 0.3) is 0 Å². The molecule has 0 aliphatic carbocycles. The Morgan fingerprint density at radius 3 is 2.30 bits per heavy atom. The maximum Gasteiger partial charge on any atom is 0.257 e. The fourth-order valence-corrected chi connectivity index (χ4v) is 3.58. The van der Waals surface area contributed by atoms with E-state index in [0.717, 1.165) is 0 Å². The molecule has 0 saturated heterocycles. The summed E-state index contributed by atoms with van der Waals surface area (Å²) in [6.45, 7) is 1.51. The van der Waals surface area contributed by atoms with Crippen molar-refractivity contribution in [2.24, 2.45) is 0 Å². The number of carbonyl (C=O) groups is 1. The molecule has 2 rings (SSSR count). The number of amides is 1. The molecule has 0 saturated carbocycles. The molecular formula is C15H12Cl3NO3S.